The van der Waals surface area contributed by atoms with Crippen LogP contribution in [0, 0.1) is 10.1 Å². The van der Waals surface area contributed by atoms with Crippen LogP contribution in [-0.4, -0.2) is 27.9 Å². The van der Waals surface area contributed by atoms with Gasteiger partial charge in [-0.25, -0.2) is 10.8 Å². The van der Waals surface area contributed by atoms with Gasteiger partial charge in [0.15, 0.2) is 0 Å². The average molecular weight is 282 g/mol. The number of carbonyl (C=O) groups is 1. The van der Waals surface area contributed by atoms with E-state index in [0.29, 0.717) is 0 Å². The van der Waals surface area contributed by atoms with Gasteiger partial charge in [0, 0.05) is 6.04 Å². The number of hydrogen-bond donors (Lipinski definition) is 4. The average Bonchev–Trinajstić information content (AvgIpc) is 2.37. The molecule has 5 N–H and O–H groups in total. The summed E-state index contributed by atoms with van der Waals surface area (Å²) in [5.41, 5.74) is 2.07. The standard InChI is InChI=1S/C11H18N6O3/c1-6(2)13-11(18)7(3)14-9-4-8(17(19)20)5-10(15-9)16-12/h4-7H,12H2,1-3H3,(H,13,18)(H2,14,15,16). The molecule has 0 spiro atoms. The normalized spacial score (nSPS) is 11.8. The Bertz CT molecular complexity index is 505. The van der Waals surface area contributed by atoms with E-state index in [-0.39, 0.29) is 29.3 Å². The summed E-state index contributed by atoms with van der Waals surface area (Å²) < 4.78 is 0. The minimum atomic E-state index is -0.586. The molecule has 1 aromatic rings. The monoisotopic (exact) mass is 282 g/mol. The fourth-order valence-corrected chi connectivity index (χ4v) is 1.47. The second kappa shape index (κ2) is 6.66. The summed E-state index contributed by atoms with van der Waals surface area (Å²) in [4.78, 5) is 26.0. The third kappa shape index (κ3) is 4.35. The Kier molecular flexibility index (Phi) is 5.21. The number of nitrogens with zero attached hydrogens (tertiary/aromatic N) is 2. The van der Waals surface area contributed by atoms with Crippen LogP contribution in [0.2, 0.25) is 0 Å². The van der Waals surface area contributed by atoms with E-state index in [2.05, 4.69) is 21.0 Å². The van der Waals surface area contributed by atoms with Gasteiger partial charge in [0.25, 0.3) is 5.69 Å². The van der Waals surface area contributed by atoms with Gasteiger partial charge in [-0.2, -0.15) is 0 Å². The van der Waals surface area contributed by atoms with E-state index in [0.717, 1.165) is 0 Å². The van der Waals surface area contributed by atoms with Gasteiger partial charge in [-0.3, -0.25) is 14.9 Å². The van der Waals surface area contributed by atoms with Gasteiger partial charge in [0.05, 0.1) is 17.1 Å². The van der Waals surface area contributed by atoms with Crippen molar-refractivity contribution < 1.29 is 9.72 Å². The van der Waals surface area contributed by atoms with Gasteiger partial charge in [-0.1, -0.05) is 0 Å². The number of carbonyl (C=O) groups excluding carboxylic acids is 1. The predicted molar refractivity (Wildman–Crippen MR) is 75.1 cm³/mol. The first-order chi connectivity index (χ1) is 9.33. The molecule has 0 fully saturated rings. The maximum atomic E-state index is 11.8. The molecule has 20 heavy (non-hydrogen) atoms. The Morgan fingerprint density at radius 3 is 2.45 bits per heavy atom. The first kappa shape index (κ1) is 15.6. The molecule has 0 aromatic carbocycles. The molecule has 0 aliphatic carbocycles. The maximum Gasteiger partial charge on any atom is 0.276 e. The lowest BCUT2D eigenvalue weighted by Gasteiger charge is -2.16. The fourth-order valence-electron chi connectivity index (χ4n) is 1.47. The Morgan fingerprint density at radius 1 is 1.35 bits per heavy atom. The molecule has 0 saturated carbocycles. The molecule has 0 aliphatic heterocycles. The Morgan fingerprint density at radius 2 is 1.95 bits per heavy atom. The molecule has 0 saturated heterocycles. The number of hydrogen-bond acceptors (Lipinski definition) is 7. The van der Waals surface area contributed by atoms with Gasteiger partial charge >= 0.3 is 0 Å². The smallest absolute Gasteiger partial charge is 0.276 e. The number of aromatic nitrogens is 1. The van der Waals surface area contributed by atoms with Crippen molar-refractivity contribution in [2.45, 2.75) is 32.9 Å². The first-order valence-electron chi connectivity index (χ1n) is 6.03. The third-order valence-electron chi connectivity index (χ3n) is 2.36. The maximum absolute atomic E-state index is 11.8. The summed E-state index contributed by atoms with van der Waals surface area (Å²) >= 11 is 0. The molecule has 1 rings (SSSR count). The summed E-state index contributed by atoms with van der Waals surface area (Å²) in [5, 5.41) is 16.3. The highest BCUT2D eigenvalue weighted by Crippen LogP contribution is 2.20. The Labute approximate surface area is 116 Å². The van der Waals surface area contributed by atoms with Gasteiger partial charge in [-0.05, 0) is 20.8 Å². The lowest BCUT2D eigenvalue weighted by Crippen LogP contribution is -2.41. The molecule has 110 valence electrons. The quantitative estimate of drug-likeness (QED) is 0.341. The minimum absolute atomic E-state index is 0.00564. The van der Waals surface area contributed by atoms with Crippen LogP contribution in [0.15, 0.2) is 12.1 Å². The molecule has 1 amide bonds. The number of nitro groups is 1. The zero-order valence-electron chi connectivity index (χ0n) is 11.5. The predicted octanol–water partition coefficient (Wildman–Crippen LogP) is 0.600. The number of nitrogens with two attached hydrogens (primary N) is 1. The van der Waals surface area contributed by atoms with E-state index >= 15 is 0 Å². The van der Waals surface area contributed by atoms with Crippen LogP contribution in [0.25, 0.3) is 0 Å². The number of amides is 1. The van der Waals surface area contributed by atoms with Crippen LogP contribution in [0.5, 0.6) is 0 Å². The van der Waals surface area contributed by atoms with Crippen LogP contribution in [-0.2, 0) is 4.79 Å². The molecular weight excluding hydrogens is 264 g/mol. The Balaban J connectivity index is 2.88. The van der Waals surface area contributed by atoms with Crippen LogP contribution < -0.4 is 21.9 Å². The minimum Gasteiger partial charge on any atom is -0.358 e. The van der Waals surface area contributed by atoms with E-state index in [4.69, 9.17) is 5.84 Å². The highest BCUT2D eigenvalue weighted by Gasteiger charge is 2.16. The second-order valence-electron chi connectivity index (χ2n) is 4.53. The molecule has 0 aliphatic rings. The van der Waals surface area contributed by atoms with Crippen molar-refractivity contribution in [1.82, 2.24) is 10.3 Å². The number of anilines is 2. The van der Waals surface area contributed by atoms with Crippen LogP contribution in [0.1, 0.15) is 20.8 Å². The third-order valence-corrected chi connectivity index (χ3v) is 2.36. The fraction of sp³-hybridized carbons (Fsp3) is 0.455. The van der Waals surface area contributed by atoms with E-state index < -0.39 is 11.0 Å². The van der Waals surface area contributed by atoms with Crippen molar-refractivity contribution in [3.05, 3.63) is 22.2 Å². The van der Waals surface area contributed by atoms with Crippen molar-refractivity contribution in [2.24, 2.45) is 5.84 Å². The SMILES string of the molecule is CC(C)NC(=O)C(C)Nc1cc([N+](=O)[O-])cc(NN)n1. The van der Waals surface area contributed by atoms with Crippen molar-refractivity contribution >= 4 is 23.2 Å². The second-order valence-corrected chi connectivity index (χ2v) is 4.53. The van der Waals surface area contributed by atoms with Crippen molar-refractivity contribution in [1.29, 1.82) is 0 Å². The summed E-state index contributed by atoms with van der Waals surface area (Å²) in [7, 11) is 0. The first-order valence-corrected chi connectivity index (χ1v) is 6.03. The van der Waals surface area contributed by atoms with Crippen LogP contribution >= 0.6 is 0 Å². The highest BCUT2D eigenvalue weighted by atomic mass is 16.6. The van der Waals surface area contributed by atoms with E-state index in [1.807, 2.05) is 13.8 Å². The van der Waals surface area contributed by atoms with Gasteiger partial charge in [0.1, 0.15) is 17.7 Å². The Hall–Kier alpha value is -2.42. The number of pyridine rings is 1. The van der Waals surface area contributed by atoms with Crippen LogP contribution in [0.3, 0.4) is 0 Å². The highest BCUT2D eigenvalue weighted by molar-refractivity contribution is 5.84. The van der Waals surface area contributed by atoms with Crippen molar-refractivity contribution in [3.8, 4) is 0 Å². The molecule has 0 radical (unpaired) electrons. The summed E-state index contributed by atoms with van der Waals surface area (Å²) in [6.45, 7) is 5.31. The topological polar surface area (TPSA) is 135 Å². The van der Waals surface area contributed by atoms with Gasteiger partial charge in [-0.15, -0.1) is 0 Å². The molecule has 0 bridgehead atoms. The summed E-state index contributed by atoms with van der Waals surface area (Å²) in [6.07, 6.45) is 0. The number of nitrogens with one attached hydrogen (secondary N) is 3. The molecule has 1 aromatic heterocycles. The zero-order valence-corrected chi connectivity index (χ0v) is 11.5. The van der Waals surface area contributed by atoms with Crippen molar-refractivity contribution in [3.63, 3.8) is 0 Å². The number of nitrogen functional groups attached to an aromatic ring is 1. The zero-order chi connectivity index (χ0) is 15.3. The molecule has 1 atom stereocenters. The lowest BCUT2D eigenvalue weighted by molar-refractivity contribution is -0.384. The van der Waals surface area contributed by atoms with E-state index in [1.165, 1.54) is 12.1 Å². The van der Waals surface area contributed by atoms with Crippen molar-refractivity contribution in [2.75, 3.05) is 10.7 Å². The molecule has 9 nitrogen and oxygen atoms in total. The van der Waals surface area contributed by atoms with Gasteiger partial charge < -0.3 is 16.1 Å². The number of hydrazine groups is 1. The van der Waals surface area contributed by atoms with Crippen LogP contribution in [0.4, 0.5) is 17.3 Å². The largest absolute Gasteiger partial charge is 0.358 e. The molecule has 1 heterocycles. The summed E-state index contributed by atoms with van der Waals surface area (Å²) in [6, 6.07) is 1.85. The van der Waals surface area contributed by atoms with E-state index in [1.54, 1.807) is 6.92 Å². The van der Waals surface area contributed by atoms with E-state index in [9.17, 15) is 14.9 Å². The molecule has 1 unspecified atom stereocenters. The lowest BCUT2D eigenvalue weighted by atomic mass is 10.2. The number of rotatable bonds is 6. The molecular formula is C11H18N6O3. The van der Waals surface area contributed by atoms with Gasteiger partial charge in [0.2, 0.25) is 5.91 Å². The molecule has 9 heteroatoms. The summed E-state index contributed by atoms with van der Waals surface area (Å²) in [5.74, 6) is 5.31.